The Labute approximate surface area is 181 Å². The first kappa shape index (κ1) is 32.8. The number of rotatable bonds is 8. The zero-order valence-electron chi connectivity index (χ0n) is 17.5. The highest BCUT2D eigenvalue weighted by atomic mass is 32.2. The highest BCUT2D eigenvalue weighted by molar-refractivity contribution is 8.03. The van der Waals surface area contributed by atoms with E-state index in [1.54, 1.807) is 0 Å². The van der Waals surface area contributed by atoms with Crippen molar-refractivity contribution in [3.63, 3.8) is 0 Å². The van der Waals surface area contributed by atoms with Gasteiger partial charge in [-0.05, 0) is 66.2 Å². The molecule has 0 aromatic heterocycles. The first-order chi connectivity index (χ1) is 12.3. The molecule has 0 nitrogen and oxygen atoms in total. The lowest BCUT2D eigenvalue weighted by Crippen LogP contribution is -2.03. The molecule has 1 aliphatic rings. The van der Waals surface area contributed by atoms with E-state index in [1.165, 1.54) is 72.3 Å². The lowest BCUT2D eigenvalue weighted by atomic mass is 9.87. The maximum absolute atomic E-state index is 2.46. The highest BCUT2D eigenvalue weighted by Crippen LogP contribution is 2.39. The predicted octanol–water partition coefficient (Wildman–Crippen LogP) is 8.52. The zero-order chi connectivity index (χ0) is 17.3. The Kier molecular flexibility index (Phi) is 19.7. The van der Waals surface area contributed by atoms with Crippen LogP contribution in [0.25, 0.3) is 0 Å². The standard InChI is InChI=1S/C24H30S.5FH/c1-2-3-4-6-9-20-12-14-21(15-13-20)22-16-18-24(19-17-22)25-23-10-7-5-8-11-23;;;;;/h5,7-8,10-15,18,22H,2-4,6,9,16-17,19H2,1H3;5*1H. The third kappa shape index (κ3) is 10.3. The second kappa shape index (κ2) is 18.0. The molecule has 3 rings (SSSR count). The molecule has 0 heterocycles. The first-order valence-corrected chi connectivity index (χ1v) is 10.7. The minimum absolute atomic E-state index is 0. The molecule has 0 saturated carbocycles. The van der Waals surface area contributed by atoms with Crippen molar-refractivity contribution in [2.24, 2.45) is 0 Å². The van der Waals surface area contributed by atoms with Crippen LogP contribution >= 0.6 is 11.8 Å². The van der Waals surface area contributed by atoms with Gasteiger partial charge in [-0.25, -0.2) is 0 Å². The summed E-state index contributed by atoms with van der Waals surface area (Å²) in [7, 11) is 0. The molecule has 0 saturated heterocycles. The van der Waals surface area contributed by atoms with Crippen molar-refractivity contribution in [3.8, 4) is 0 Å². The molecule has 0 spiro atoms. The van der Waals surface area contributed by atoms with E-state index in [9.17, 15) is 0 Å². The lowest BCUT2D eigenvalue weighted by Gasteiger charge is -2.22. The van der Waals surface area contributed by atoms with Gasteiger partial charge in [0.15, 0.2) is 0 Å². The van der Waals surface area contributed by atoms with Crippen molar-refractivity contribution >= 4 is 11.8 Å². The van der Waals surface area contributed by atoms with Crippen LogP contribution < -0.4 is 0 Å². The van der Waals surface area contributed by atoms with E-state index in [4.69, 9.17) is 0 Å². The van der Waals surface area contributed by atoms with Gasteiger partial charge in [0.1, 0.15) is 0 Å². The van der Waals surface area contributed by atoms with E-state index in [-0.39, 0.29) is 23.5 Å². The second-order valence-corrected chi connectivity index (χ2v) is 8.31. The van der Waals surface area contributed by atoms with Gasteiger partial charge in [-0.3, -0.25) is 23.5 Å². The monoisotopic (exact) mass is 450 g/mol. The minimum Gasteiger partial charge on any atom is -0.269 e. The van der Waals surface area contributed by atoms with Crippen molar-refractivity contribution < 1.29 is 23.5 Å². The van der Waals surface area contributed by atoms with Crippen LogP contribution in [0.4, 0.5) is 23.5 Å². The SMILES string of the molecule is CCCCCCc1ccc(C2CC=C(Sc3ccccc3)CC2)cc1.F.F.F.F.F. The second-order valence-electron chi connectivity index (χ2n) is 7.11. The van der Waals surface area contributed by atoms with E-state index >= 15 is 0 Å². The maximum Gasteiger partial charge on any atom is 0.0118 e. The number of allylic oxidation sites excluding steroid dienone is 2. The van der Waals surface area contributed by atoms with E-state index in [1.807, 2.05) is 11.8 Å². The molecule has 2 aromatic rings. The fourth-order valence-electron chi connectivity index (χ4n) is 3.56. The van der Waals surface area contributed by atoms with Crippen LogP contribution in [0.15, 0.2) is 70.5 Å². The zero-order valence-corrected chi connectivity index (χ0v) is 18.3. The van der Waals surface area contributed by atoms with Crippen LogP contribution in [0.5, 0.6) is 0 Å². The van der Waals surface area contributed by atoms with Gasteiger partial charge in [-0.1, -0.05) is 86.5 Å². The summed E-state index contributed by atoms with van der Waals surface area (Å²) < 4.78 is 0. The molecule has 1 unspecified atom stereocenters. The third-order valence-electron chi connectivity index (χ3n) is 5.13. The molecule has 172 valence electrons. The molecule has 0 fully saturated rings. The molecular formula is C24H35F5S. The van der Waals surface area contributed by atoms with Gasteiger partial charge in [-0.15, -0.1) is 0 Å². The van der Waals surface area contributed by atoms with Crippen molar-refractivity contribution in [2.45, 2.75) is 69.1 Å². The maximum atomic E-state index is 2.46. The van der Waals surface area contributed by atoms with Crippen molar-refractivity contribution in [2.75, 3.05) is 0 Å². The Morgan fingerprint density at radius 2 is 1.47 bits per heavy atom. The van der Waals surface area contributed by atoms with E-state index in [0.29, 0.717) is 5.92 Å². The van der Waals surface area contributed by atoms with Gasteiger partial charge >= 0.3 is 0 Å². The molecule has 0 amide bonds. The van der Waals surface area contributed by atoms with E-state index in [0.717, 1.165) is 0 Å². The number of hydrogen-bond donors (Lipinski definition) is 0. The molecular weight excluding hydrogens is 415 g/mol. The molecule has 0 N–H and O–H groups in total. The summed E-state index contributed by atoms with van der Waals surface area (Å²) in [5, 5.41) is 0. The highest BCUT2D eigenvalue weighted by Gasteiger charge is 2.16. The number of benzene rings is 2. The molecule has 6 heteroatoms. The van der Waals surface area contributed by atoms with Crippen LogP contribution in [-0.4, -0.2) is 0 Å². The number of hydrogen-bond acceptors (Lipinski definition) is 1. The largest absolute Gasteiger partial charge is 0.269 e. The summed E-state index contributed by atoms with van der Waals surface area (Å²) in [5.41, 5.74) is 3.03. The summed E-state index contributed by atoms with van der Waals surface area (Å²) in [4.78, 5) is 2.90. The number of halogens is 5. The van der Waals surface area contributed by atoms with Crippen molar-refractivity contribution in [3.05, 3.63) is 76.7 Å². The lowest BCUT2D eigenvalue weighted by molar-refractivity contribution is 0.612. The average molecular weight is 451 g/mol. The Morgan fingerprint density at radius 3 is 2.03 bits per heavy atom. The van der Waals surface area contributed by atoms with Gasteiger partial charge in [0.25, 0.3) is 0 Å². The Morgan fingerprint density at radius 1 is 0.800 bits per heavy atom. The molecule has 2 aromatic carbocycles. The minimum atomic E-state index is 0. The Balaban J connectivity index is -0.00000146. The Bertz CT molecular complexity index is 674. The first-order valence-electron chi connectivity index (χ1n) is 9.86. The molecule has 0 radical (unpaired) electrons. The molecule has 30 heavy (non-hydrogen) atoms. The topological polar surface area (TPSA) is 0 Å². The van der Waals surface area contributed by atoms with Crippen LogP contribution in [0.3, 0.4) is 0 Å². The predicted molar refractivity (Wildman–Crippen MR) is 124 cm³/mol. The van der Waals surface area contributed by atoms with Gasteiger partial charge in [0, 0.05) is 4.90 Å². The van der Waals surface area contributed by atoms with Crippen LogP contribution in [-0.2, 0) is 6.42 Å². The Hall–Kier alpha value is -1.82. The third-order valence-corrected chi connectivity index (χ3v) is 6.27. The van der Waals surface area contributed by atoms with Gasteiger partial charge in [0.05, 0.1) is 0 Å². The van der Waals surface area contributed by atoms with Gasteiger partial charge in [0.2, 0.25) is 0 Å². The summed E-state index contributed by atoms with van der Waals surface area (Å²) >= 11 is 1.94. The smallest absolute Gasteiger partial charge is 0.0118 e. The fourth-order valence-corrected chi connectivity index (χ4v) is 4.55. The van der Waals surface area contributed by atoms with Gasteiger partial charge < -0.3 is 0 Å². The van der Waals surface area contributed by atoms with E-state index < -0.39 is 0 Å². The summed E-state index contributed by atoms with van der Waals surface area (Å²) in [5.74, 6) is 0.703. The van der Waals surface area contributed by atoms with E-state index in [2.05, 4.69) is 67.6 Å². The summed E-state index contributed by atoms with van der Waals surface area (Å²) in [6.45, 7) is 2.27. The van der Waals surface area contributed by atoms with Crippen LogP contribution in [0.1, 0.15) is 68.9 Å². The molecule has 1 aliphatic carbocycles. The number of unbranched alkanes of at least 4 members (excludes halogenated alkanes) is 3. The summed E-state index contributed by atoms with van der Waals surface area (Å²) in [6, 6.07) is 20.2. The summed E-state index contributed by atoms with van der Waals surface area (Å²) in [6.07, 6.45) is 12.8. The molecule has 0 aliphatic heterocycles. The number of aryl methyl sites for hydroxylation is 1. The van der Waals surface area contributed by atoms with Crippen LogP contribution in [0, 0.1) is 0 Å². The van der Waals surface area contributed by atoms with Gasteiger partial charge in [-0.2, -0.15) is 0 Å². The fraction of sp³-hybridized carbons (Fsp3) is 0.417. The number of thioether (sulfide) groups is 1. The molecule has 1 atom stereocenters. The normalized spacial score (nSPS) is 14.4. The van der Waals surface area contributed by atoms with Crippen molar-refractivity contribution in [1.29, 1.82) is 0 Å². The molecule has 0 bridgehead atoms. The van der Waals surface area contributed by atoms with Crippen LogP contribution in [0.2, 0.25) is 0 Å². The van der Waals surface area contributed by atoms with Crippen molar-refractivity contribution in [1.82, 2.24) is 0 Å². The quantitative estimate of drug-likeness (QED) is 0.287. The average Bonchev–Trinajstić information content (AvgIpc) is 2.67.